The van der Waals surface area contributed by atoms with E-state index in [4.69, 9.17) is 14.6 Å². The zero-order valence-electron chi connectivity index (χ0n) is 21.9. The van der Waals surface area contributed by atoms with Gasteiger partial charge in [0, 0.05) is 0 Å². The van der Waals surface area contributed by atoms with Crippen molar-refractivity contribution in [3.05, 3.63) is 132 Å². The van der Waals surface area contributed by atoms with E-state index in [1.165, 1.54) is 0 Å². The van der Waals surface area contributed by atoms with Crippen LogP contribution in [0.15, 0.2) is 115 Å². The second-order valence-corrected chi connectivity index (χ2v) is 10.9. The predicted molar refractivity (Wildman–Crippen MR) is 161 cm³/mol. The number of hydrogen-bond donors (Lipinski definition) is 1. The van der Waals surface area contributed by atoms with Crippen molar-refractivity contribution in [1.82, 2.24) is 0 Å². The smallest absolute Gasteiger partial charge is 0.338 e. The maximum atomic E-state index is 12.7. The monoisotopic (exact) mass is 550 g/mol. The average molecular weight is 551 g/mol. The van der Waals surface area contributed by atoms with Gasteiger partial charge in [-0.15, -0.1) is 0 Å². The molecule has 1 saturated heterocycles. The summed E-state index contributed by atoms with van der Waals surface area (Å²) in [6, 6.07) is 36.5. The minimum absolute atomic E-state index is 0.0659. The van der Waals surface area contributed by atoms with E-state index in [-0.39, 0.29) is 36.5 Å². The van der Waals surface area contributed by atoms with E-state index in [1.54, 1.807) is 23.9 Å². The van der Waals surface area contributed by atoms with Gasteiger partial charge in [-0.2, -0.15) is 11.8 Å². The zero-order chi connectivity index (χ0) is 27.7. The lowest BCUT2D eigenvalue weighted by molar-refractivity contribution is 0.0221. The lowest BCUT2D eigenvalue weighted by atomic mass is 10.1. The van der Waals surface area contributed by atoms with Gasteiger partial charge >= 0.3 is 11.9 Å². The van der Waals surface area contributed by atoms with E-state index in [1.807, 2.05) is 103 Å². The molecule has 0 bridgehead atoms. The first-order valence-electron chi connectivity index (χ1n) is 13.2. The quantitative estimate of drug-likeness (QED) is 0.228. The van der Waals surface area contributed by atoms with Gasteiger partial charge in [0.05, 0.1) is 23.0 Å². The fourth-order valence-corrected chi connectivity index (χ4v) is 5.82. The van der Waals surface area contributed by atoms with Crippen LogP contribution in [0.25, 0.3) is 21.5 Å². The number of benzene rings is 5. The minimum Gasteiger partial charge on any atom is -0.461 e. The highest BCUT2D eigenvalue weighted by atomic mass is 32.2. The Morgan fingerprint density at radius 1 is 0.700 bits per heavy atom. The number of aliphatic hydroxyl groups is 1. The molecule has 0 amide bonds. The molecular formula is C34H30O5S. The Balaban J connectivity index is 0.000000348. The summed E-state index contributed by atoms with van der Waals surface area (Å²) in [7, 11) is 0. The molecule has 0 spiro atoms. The third-order valence-corrected chi connectivity index (χ3v) is 8.12. The molecule has 0 aliphatic carbocycles. The second-order valence-electron chi connectivity index (χ2n) is 9.51. The largest absolute Gasteiger partial charge is 0.461 e. The van der Waals surface area contributed by atoms with Gasteiger partial charge in [-0.25, -0.2) is 9.59 Å². The molecule has 6 rings (SSSR count). The number of rotatable bonds is 6. The SMILES string of the molecule is O=C(OC[C@H]1SCC[C@H]1OC(=O)c1ccc2ccccc2c1)c1ccc2ccccc2c1.OCc1ccccc1. The lowest BCUT2D eigenvalue weighted by Gasteiger charge is -2.19. The maximum absolute atomic E-state index is 12.7. The van der Waals surface area contributed by atoms with Crippen molar-refractivity contribution in [2.45, 2.75) is 24.4 Å². The number of aliphatic hydroxyl groups excluding tert-OH is 1. The van der Waals surface area contributed by atoms with Crippen molar-refractivity contribution in [1.29, 1.82) is 0 Å². The van der Waals surface area contributed by atoms with Crippen LogP contribution in [0.5, 0.6) is 0 Å². The van der Waals surface area contributed by atoms with Gasteiger partial charge in [0.15, 0.2) is 0 Å². The van der Waals surface area contributed by atoms with Gasteiger partial charge in [-0.05, 0) is 63.5 Å². The Morgan fingerprint density at radius 2 is 1.25 bits per heavy atom. The van der Waals surface area contributed by atoms with Crippen molar-refractivity contribution >= 4 is 45.2 Å². The molecule has 0 unspecified atom stereocenters. The summed E-state index contributed by atoms with van der Waals surface area (Å²) in [6.07, 6.45) is 0.478. The lowest BCUT2D eigenvalue weighted by Crippen LogP contribution is -2.29. The van der Waals surface area contributed by atoms with Gasteiger partial charge < -0.3 is 14.6 Å². The molecule has 0 radical (unpaired) electrons. The first-order chi connectivity index (χ1) is 19.6. The third kappa shape index (κ3) is 6.89. The van der Waals surface area contributed by atoms with E-state index in [0.29, 0.717) is 11.1 Å². The molecule has 6 heteroatoms. The molecule has 5 aromatic rings. The highest BCUT2D eigenvalue weighted by molar-refractivity contribution is 8.00. The summed E-state index contributed by atoms with van der Waals surface area (Å²) in [5.74, 6) is 0.172. The molecule has 202 valence electrons. The van der Waals surface area contributed by atoms with Crippen LogP contribution in [0.2, 0.25) is 0 Å². The van der Waals surface area contributed by atoms with Gasteiger partial charge in [0.2, 0.25) is 0 Å². The van der Waals surface area contributed by atoms with Crippen LogP contribution in [0.4, 0.5) is 0 Å². The maximum Gasteiger partial charge on any atom is 0.338 e. The molecular weight excluding hydrogens is 520 g/mol. The van der Waals surface area contributed by atoms with E-state index in [0.717, 1.165) is 39.3 Å². The molecule has 5 nitrogen and oxygen atoms in total. The van der Waals surface area contributed by atoms with Crippen molar-refractivity contribution in [3.8, 4) is 0 Å². The number of carbonyl (C=O) groups excluding carboxylic acids is 2. The molecule has 0 saturated carbocycles. The van der Waals surface area contributed by atoms with Crippen molar-refractivity contribution in [3.63, 3.8) is 0 Å². The summed E-state index contributed by atoms with van der Waals surface area (Å²) in [5.41, 5.74) is 2.02. The number of carbonyl (C=O) groups is 2. The first kappa shape index (κ1) is 27.4. The minimum atomic E-state index is -0.358. The first-order valence-corrected chi connectivity index (χ1v) is 14.3. The standard InChI is InChI=1S/C27H22O4S.C7H8O/c28-26(22-11-9-18-5-1-3-7-20(18)15-22)30-17-25-24(13-14-32-25)31-27(29)23-12-10-19-6-2-4-8-21(19)16-23;8-6-7-4-2-1-3-5-7/h1-12,15-16,24-25H,13-14,17H2;1-5,8H,6H2/t24-,25-;/m1./s1. The molecule has 1 aliphatic rings. The molecule has 1 fully saturated rings. The van der Waals surface area contributed by atoms with E-state index >= 15 is 0 Å². The fourth-order valence-electron chi connectivity index (χ4n) is 4.58. The molecule has 2 atom stereocenters. The van der Waals surface area contributed by atoms with Crippen molar-refractivity contribution in [2.75, 3.05) is 12.4 Å². The van der Waals surface area contributed by atoms with Crippen LogP contribution in [0.1, 0.15) is 32.7 Å². The van der Waals surface area contributed by atoms with Crippen LogP contribution in [-0.2, 0) is 16.1 Å². The molecule has 1 N–H and O–H groups in total. The van der Waals surface area contributed by atoms with Crippen LogP contribution in [0.3, 0.4) is 0 Å². The topological polar surface area (TPSA) is 72.8 Å². The average Bonchev–Trinajstić information content (AvgIpc) is 3.46. The fraction of sp³-hybridized carbons (Fsp3) is 0.176. The number of ether oxygens (including phenoxy) is 2. The summed E-state index contributed by atoms with van der Waals surface area (Å²) >= 11 is 1.68. The Labute approximate surface area is 237 Å². The van der Waals surface area contributed by atoms with Gasteiger partial charge in [0.25, 0.3) is 0 Å². The van der Waals surface area contributed by atoms with Crippen LogP contribution >= 0.6 is 11.8 Å². The van der Waals surface area contributed by atoms with E-state index in [9.17, 15) is 9.59 Å². The normalized spacial score (nSPS) is 16.2. The number of hydrogen-bond acceptors (Lipinski definition) is 6. The number of esters is 2. The Bertz CT molecular complexity index is 1600. The Morgan fingerprint density at radius 3 is 1.82 bits per heavy atom. The molecule has 1 aliphatic heterocycles. The number of thioether (sulfide) groups is 1. The molecule has 0 aromatic heterocycles. The molecule has 5 aromatic carbocycles. The molecule has 1 heterocycles. The summed E-state index contributed by atoms with van der Waals surface area (Å²) in [5, 5.41) is 12.6. The van der Waals surface area contributed by atoms with Crippen LogP contribution < -0.4 is 0 Å². The van der Waals surface area contributed by atoms with E-state index < -0.39 is 0 Å². The van der Waals surface area contributed by atoms with Crippen molar-refractivity contribution in [2.24, 2.45) is 0 Å². The highest BCUT2D eigenvalue weighted by Gasteiger charge is 2.32. The van der Waals surface area contributed by atoms with Gasteiger partial charge in [-0.1, -0.05) is 91.0 Å². The highest BCUT2D eigenvalue weighted by Crippen LogP contribution is 2.31. The summed E-state index contributed by atoms with van der Waals surface area (Å²) in [4.78, 5) is 25.3. The van der Waals surface area contributed by atoms with E-state index in [2.05, 4.69) is 0 Å². The predicted octanol–water partition coefficient (Wildman–Crippen LogP) is 7.06. The number of fused-ring (bicyclic) bond motifs is 2. The zero-order valence-corrected chi connectivity index (χ0v) is 22.8. The van der Waals surface area contributed by atoms with Crippen molar-refractivity contribution < 1.29 is 24.2 Å². The Kier molecular flexibility index (Phi) is 9.11. The van der Waals surface area contributed by atoms with Crippen LogP contribution in [-0.4, -0.2) is 40.8 Å². The summed E-state index contributed by atoms with van der Waals surface area (Å²) in [6.45, 7) is 0.354. The van der Waals surface area contributed by atoms with Crippen LogP contribution in [0, 0.1) is 0 Å². The summed E-state index contributed by atoms with van der Waals surface area (Å²) < 4.78 is 11.4. The Hall–Kier alpha value is -4.13. The van der Waals surface area contributed by atoms with Gasteiger partial charge in [-0.3, -0.25) is 0 Å². The van der Waals surface area contributed by atoms with Gasteiger partial charge in [0.1, 0.15) is 12.7 Å². The second kappa shape index (κ2) is 13.3. The molecule has 40 heavy (non-hydrogen) atoms. The third-order valence-electron chi connectivity index (χ3n) is 6.78.